The lowest BCUT2D eigenvalue weighted by molar-refractivity contribution is -0.207. The van der Waals surface area contributed by atoms with E-state index in [0.29, 0.717) is 0 Å². The zero-order chi connectivity index (χ0) is 13.7. The van der Waals surface area contributed by atoms with Crippen molar-refractivity contribution in [1.82, 2.24) is 0 Å². The van der Waals surface area contributed by atoms with Gasteiger partial charge in [-0.15, -0.1) is 0 Å². The lowest BCUT2D eigenvalue weighted by Crippen LogP contribution is -2.43. The summed E-state index contributed by atoms with van der Waals surface area (Å²) >= 11 is 0. The van der Waals surface area contributed by atoms with Crippen LogP contribution in [0.25, 0.3) is 0 Å². The van der Waals surface area contributed by atoms with Crippen LogP contribution >= 0.6 is 0 Å². The topological polar surface area (TPSA) is 44.5 Å². The van der Waals surface area contributed by atoms with Crippen LogP contribution in [0.3, 0.4) is 0 Å². The fraction of sp³-hybridized carbons (Fsp3) is 1.00. The van der Waals surface area contributed by atoms with Crippen molar-refractivity contribution in [1.29, 1.82) is 0 Å². The molecule has 0 unspecified atom stereocenters. The van der Waals surface area contributed by atoms with Crippen LogP contribution in [0, 0.1) is 0 Å². The summed E-state index contributed by atoms with van der Waals surface area (Å²) in [7, 11) is 3.19. The molecule has 0 rings (SSSR count). The molecule has 0 aromatic heterocycles. The average Bonchev–Trinajstić information content (AvgIpc) is 2.40. The first kappa shape index (κ1) is 17.9. The normalized spacial score (nSPS) is 12.0. The van der Waals surface area contributed by atoms with Crippen LogP contribution < -0.4 is 5.73 Å². The molecule has 0 aromatic rings. The highest BCUT2D eigenvalue weighted by Gasteiger charge is 2.22. The lowest BCUT2D eigenvalue weighted by atomic mass is 10.1. The number of rotatable bonds is 13. The van der Waals surface area contributed by atoms with Crippen LogP contribution in [0.5, 0.6) is 0 Å². The van der Waals surface area contributed by atoms with E-state index in [0.717, 1.165) is 12.8 Å². The third-order valence-corrected chi connectivity index (χ3v) is 3.57. The number of hydrogen-bond donors (Lipinski definition) is 1. The summed E-state index contributed by atoms with van der Waals surface area (Å²) in [4.78, 5) is 0. The molecular weight excluding hydrogens is 226 g/mol. The van der Waals surface area contributed by atoms with Crippen LogP contribution in [0.4, 0.5) is 0 Å². The summed E-state index contributed by atoms with van der Waals surface area (Å²) in [6.07, 6.45) is 14.1. The van der Waals surface area contributed by atoms with Crippen molar-refractivity contribution in [3.05, 3.63) is 0 Å². The van der Waals surface area contributed by atoms with Gasteiger partial charge in [-0.3, -0.25) is 5.73 Å². The van der Waals surface area contributed by atoms with E-state index in [1.807, 2.05) is 0 Å². The minimum atomic E-state index is -0.875. The first-order valence-corrected chi connectivity index (χ1v) is 7.57. The predicted molar refractivity (Wildman–Crippen MR) is 77.4 cm³/mol. The van der Waals surface area contributed by atoms with Gasteiger partial charge in [0.2, 0.25) is 5.91 Å². The highest BCUT2D eigenvalue weighted by atomic mass is 16.7. The van der Waals surface area contributed by atoms with Gasteiger partial charge < -0.3 is 9.47 Å². The Labute approximate surface area is 113 Å². The van der Waals surface area contributed by atoms with Crippen molar-refractivity contribution >= 4 is 0 Å². The molecule has 0 heterocycles. The van der Waals surface area contributed by atoms with Crippen molar-refractivity contribution in [2.75, 3.05) is 14.2 Å². The monoisotopic (exact) mass is 259 g/mol. The highest BCUT2D eigenvalue weighted by molar-refractivity contribution is 4.59. The Morgan fingerprint density at radius 2 is 1.11 bits per heavy atom. The van der Waals surface area contributed by atoms with E-state index in [4.69, 9.17) is 15.2 Å². The van der Waals surface area contributed by atoms with E-state index >= 15 is 0 Å². The van der Waals surface area contributed by atoms with Gasteiger partial charge in [-0.25, -0.2) is 0 Å². The molecule has 0 saturated heterocycles. The molecule has 0 amide bonds. The molecule has 18 heavy (non-hydrogen) atoms. The number of nitrogens with two attached hydrogens (primary N) is 1. The SMILES string of the molecule is CCCCCCCCCCCCC(N)(OC)OC. The quantitative estimate of drug-likeness (QED) is 0.398. The minimum Gasteiger partial charge on any atom is -0.341 e. The second-order valence-corrected chi connectivity index (χ2v) is 5.15. The van der Waals surface area contributed by atoms with Gasteiger partial charge in [-0.05, 0) is 6.42 Å². The van der Waals surface area contributed by atoms with Crippen molar-refractivity contribution in [3.63, 3.8) is 0 Å². The fourth-order valence-corrected chi connectivity index (χ4v) is 2.15. The molecule has 3 nitrogen and oxygen atoms in total. The zero-order valence-corrected chi connectivity index (χ0v) is 12.7. The molecule has 0 saturated carbocycles. The molecule has 0 spiro atoms. The van der Waals surface area contributed by atoms with Crippen LogP contribution in [0.1, 0.15) is 77.6 Å². The van der Waals surface area contributed by atoms with Crippen molar-refractivity contribution in [2.45, 2.75) is 83.5 Å². The van der Waals surface area contributed by atoms with Crippen LogP contribution in [0.15, 0.2) is 0 Å². The Bertz CT molecular complexity index is 170. The largest absolute Gasteiger partial charge is 0.341 e. The molecule has 0 aliphatic rings. The summed E-state index contributed by atoms with van der Waals surface area (Å²) in [5.41, 5.74) is 5.86. The molecular formula is C15H33NO2. The second-order valence-electron chi connectivity index (χ2n) is 5.15. The van der Waals surface area contributed by atoms with E-state index in [1.54, 1.807) is 14.2 Å². The molecule has 110 valence electrons. The predicted octanol–water partition coefficient (Wildman–Crippen LogP) is 4.20. The Balaban J connectivity index is 3.21. The van der Waals surface area contributed by atoms with Gasteiger partial charge in [-0.2, -0.15) is 0 Å². The Morgan fingerprint density at radius 3 is 1.50 bits per heavy atom. The van der Waals surface area contributed by atoms with E-state index in [2.05, 4.69) is 6.92 Å². The molecule has 2 N–H and O–H groups in total. The molecule has 0 radical (unpaired) electrons. The van der Waals surface area contributed by atoms with E-state index in [-0.39, 0.29) is 0 Å². The van der Waals surface area contributed by atoms with Gasteiger partial charge >= 0.3 is 0 Å². The van der Waals surface area contributed by atoms with Crippen LogP contribution in [0.2, 0.25) is 0 Å². The summed E-state index contributed by atoms with van der Waals surface area (Å²) in [5, 5.41) is 0. The zero-order valence-electron chi connectivity index (χ0n) is 12.7. The number of unbranched alkanes of at least 4 members (excludes halogenated alkanes) is 9. The first-order valence-electron chi connectivity index (χ1n) is 7.57. The van der Waals surface area contributed by atoms with E-state index in [1.165, 1.54) is 57.8 Å². The van der Waals surface area contributed by atoms with Crippen LogP contribution in [-0.2, 0) is 9.47 Å². The molecule has 0 aliphatic heterocycles. The fourth-order valence-electron chi connectivity index (χ4n) is 2.15. The Morgan fingerprint density at radius 1 is 0.722 bits per heavy atom. The van der Waals surface area contributed by atoms with E-state index in [9.17, 15) is 0 Å². The summed E-state index contributed by atoms with van der Waals surface area (Å²) in [6.45, 7) is 2.26. The third kappa shape index (κ3) is 9.86. The number of hydrogen-bond acceptors (Lipinski definition) is 3. The smallest absolute Gasteiger partial charge is 0.224 e. The van der Waals surface area contributed by atoms with Crippen molar-refractivity contribution in [3.8, 4) is 0 Å². The minimum absolute atomic E-state index is 0.774. The summed E-state index contributed by atoms with van der Waals surface area (Å²) in [6, 6.07) is 0. The number of ether oxygens (including phenoxy) is 2. The number of methoxy groups -OCH3 is 2. The second kappa shape index (κ2) is 11.9. The van der Waals surface area contributed by atoms with Gasteiger partial charge in [0.1, 0.15) is 0 Å². The van der Waals surface area contributed by atoms with Gasteiger partial charge in [-0.1, -0.05) is 64.7 Å². The Hall–Kier alpha value is -0.120. The standard InChI is InChI=1S/C15H33NO2/c1-4-5-6-7-8-9-10-11-12-13-14-15(16,17-2)18-3/h4-14,16H2,1-3H3. The first-order chi connectivity index (χ1) is 8.68. The van der Waals surface area contributed by atoms with Crippen molar-refractivity contribution in [2.24, 2.45) is 5.73 Å². The van der Waals surface area contributed by atoms with Gasteiger partial charge in [0, 0.05) is 20.6 Å². The molecule has 0 aromatic carbocycles. The third-order valence-electron chi connectivity index (χ3n) is 3.57. The van der Waals surface area contributed by atoms with Crippen LogP contribution in [-0.4, -0.2) is 20.1 Å². The molecule has 0 atom stereocenters. The molecule has 0 bridgehead atoms. The van der Waals surface area contributed by atoms with Gasteiger partial charge in [0.15, 0.2) is 0 Å². The maximum atomic E-state index is 5.86. The maximum Gasteiger partial charge on any atom is 0.224 e. The van der Waals surface area contributed by atoms with E-state index < -0.39 is 5.91 Å². The van der Waals surface area contributed by atoms with Crippen molar-refractivity contribution < 1.29 is 9.47 Å². The summed E-state index contributed by atoms with van der Waals surface area (Å²) in [5.74, 6) is -0.875. The highest BCUT2D eigenvalue weighted by Crippen LogP contribution is 2.16. The molecule has 0 fully saturated rings. The molecule has 3 heteroatoms. The summed E-state index contributed by atoms with van der Waals surface area (Å²) < 4.78 is 10.3. The Kier molecular flexibility index (Phi) is 11.9. The van der Waals surface area contributed by atoms with Gasteiger partial charge in [0.05, 0.1) is 0 Å². The molecule has 0 aliphatic carbocycles. The maximum absolute atomic E-state index is 5.86. The average molecular weight is 259 g/mol. The van der Waals surface area contributed by atoms with Gasteiger partial charge in [0.25, 0.3) is 0 Å². The lowest BCUT2D eigenvalue weighted by Gasteiger charge is -2.25.